The summed E-state index contributed by atoms with van der Waals surface area (Å²) in [5, 5.41) is 9.42. The maximum atomic E-state index is 10.7. The third-order valence-corrected chi connectivity index (χ3v) is 2.48. The Kier molecular flexibility index (Phi) is 2.33. The smallest absolute Gasteiger partial charge is 0.344 e. The highest BCUT2D eigenvalue weighted by molar-refractivity contribution is 6.30. The van der Waals surface area contributed by atoms with E-state index in [1.807, 2.05) is 6.07 Å². The van der Waals surface area contributed by atoms with Gasteiger partial charge in [0.25, 0.3) is 0 Å². The van der Waals surface area contributed by atoms with Crippen LogP contribution in [0.3, 0.4) is 0 Å². The van der Waals surface area contributed by atoms with Gasteiger partial charge >= 0.3 is 5.97 Å². The topological polar surface area (TPSA) is 46.5 Å². The molecule has 1 aliphatic rings. The summed E-state index contributed by atoms with van der Waals surface area (Å²) < 4.78 is 5.29. The van der Waals surface area contributed by atoms with E-state index in [4.69, 9.17) is 21.4 Å². The Labute approximate surface area is 86.3 Å². The fraction of sp³-hybridized carbons (Fsp3) is 0.300. The number of aryl methyl sites for hydroxylation is 1. The predicted molar refractivity (Wildman–Crippen MR) is 51.8 cm³/mol. The SMILES string of the molecule is O=C(O)[C@@H]1CCc2cc(Cl)ccc2O1. The highest BCUT2D eigenvalue weighted by Gasteiger charge is 2.25. The van der Waals surface area contributed by atoms with E-state index in [1.165, 1.54) is 0 Å². The van der Waals surface area contributed by atoms with Crippen LogP contribution in [0.1, 0.15) is 12.0 Å². The molecule has 1 N–H and O–H groups in total. The molecule has 0 saturated heterocycles. The number of ether oxygens (including phenoxy) is 1. The number of carboxylic acid groups (broad SMARTS) is 1. The summed E-state index contributed by atoms with van der Waals surface area (Å²) in [7, 11) is 0. The fourth-order valence-corrected chi connectivity index (χ4v) is 1.73. The first-order valence-electron chi connectivity index (χ1n) is 4.35. The Bertz CT molecular complexity index is 376. The second-order valence-electron chi connectivity index (χ2n) is 3.24. The Balaban J connectivity index is 2.27. The first kappa shape index (κ1) is 9.34. The van der Waals surface area contributed by atoms with E-state index in [9.17, 15) is 4.79 Å². The van der Waals surface area contributed by atoms with Crippen molar-refractivity contribution < 1.29 is 14.6 Å². The number of rotatable bonds is 1. The van der Waals surface area contributed by atoms with Gasteiger partial charge in [-0.15, -0.1) is 0 Å². The number of benzene rings is 1. The standard InChI is InChI=1S/C10H9ClO3/c11-7-2-4-8-6(5-7)1-3-9(14-8)10(12)13/h2,4-5,9H,1,3H2,(H,12,13)/t9-/m0/s1. The van der Waals surface area contributed by atoms with Gasteiger partial charge in [-0.25, -0.2) is 4.79 Å². The second-order valence-corrected chi connectivity index (χ2v) is 3.67. The molecule has 1 aliphatic heterocycles. The lowest BCUT2D eigenvalue weighted by Gasteiger charge is -2.22. The van der Waals surface area contributed by atoms with Crippen molar-refractivity contribution in [1.82, 2.24) is 0 Å². The molecule has 0 saturated carbocycles. The van der Waals surface area contributed by atoms with E-state index >= 15 is 0 Å². The number of hydrogen-bond acceptors (Lipinski definition) is 2. The molecule has 0 unspecified atom stereocenters. The zero-order valence-electron chi connectivity index (χ0n) is 7.37. The van der Waals surface area contributed by atoms with Crippen LogP contribution in [0.25, 0.3) is 0 Å². The zero-order chi connectivity index (χ0) is 10.1. The molecule has 0 bridgehead atoms. The van der Waals surface area contributed by atoms with Crippen molar-refractivity contribution in [2.45, 2.75) is 18.9 Å². The van der Waals surface area contributed by atoms with E-state index in [2.05, 4.69) is 0 Å². The van der Waals surface area contributed by atoms with Gasteiger partial charge in [0.05, 0.1) is 0 Å². The average Bonchev–Trinajstić information content (AvgIpc) is 2.16. The number of hydrogen-bond donors (Lipinski definition) is 1. The van der Waals surface area contributed by atoms with E-state index in [0.29, 0.717) is 23.6 Å². The van der Waals surface area contributed by atoms with Crippen molar-refractivity contribution >= 4 is 17.6 Å². The Morgan fingerprint density at radius 2 is 2.36 bits per heavy atom. The van der Waals surface area contributed by atoms with Crippen molar-refractivity contribution in [1.29, 1.82) is 0 Å². The van der Waals surface area contributed by atoms with Crippen molar-refractivity contribution in [3.8, 4) is 5.75 Å². The molecule has 2 rings (SSSR count). The van der Waals surface area contributed by atoms with Crippen LogP contribution >= 0.6 is 11.6 Å². The summed E-state index contributed by atoms with van der Waals surface area (Å²) >= 11 is 5.80. The van der Waals surface area contributed by atoms with Crippen LogP contribution in [0.2, 0.25) is 5.02 Å². The molecular formula is C10H9ClO3. The summed E-state index contributed by atoms with van der Waals surface area (Å²) in [4.78, 5) is 10.7. The predicted octanol–water partition coefficient (Wildman–Crippen LogP) is 2.12. The number of fused-ring (bicyclic) bond motifs is 1. The number of aliphatic carboxylic acids is 1. The minimum Gasteiger partial charge on any atom is -0.479 e. The molecule has 74 valence electrons. The fourth-order valence-electron chi connectivity index (χ4n) is 1.53. The quantitative estimate of drug-likeness (QED) is 0.776. The minimum atomic E-state index is -0.911. The summed E-state index contributed by atoms with van der Waals surface area (Å²) in [5.74, 6) is -0.279. The van der Waals surface area contributed by atoms with Gasteiger partial charge in [0.1, 0.15) is 5.75 Å². The summed E-state index contributed by atoms with van der Waals surface area (Å²) in [5.41, 5.74) is 0.981. The lowest BCUT2D eigenvalue weighted by molar-refractivity contribution is -0.145. The molecule has 1 atom stereocenters. The molecule has 1 aromatic carbocycles. The van der Waals surface area contributed by atoms with Gasteiger partial charge in [-0.05, 0) is 36.6 Å². The third kappa shape index (κ3) is 1.68. The van der Waals surface area contributed by atoms with E-state index < -0.39 is 12.1 Å². The number of carboxylic acids is 1. The van der Waals surface area contributed by atoms with E-state index in [-0.39, 0.29) is 0 Å². The molecule has 0 spiro atoms. The van der Waals surface area contributed by atoms with Crippen molar-refractivity contribution in [3.05, 3.63) is 28.8 Å². The van der Waals surface area contributed by atoms with Gasteiger partial charge in [0.15, 0.2) is 6.10 Å². The molecule has 0 amide bonds. The third-order valence-electron chi connectivity index (χ3n) is 2.24. The number of carbonyl (C=O) groups is 1. The van der Waals surface area contributed by atoms with E-state index in [1.54, 1.807) is 12.1 Å². The molecule has 4 heteroatoms. The number of halogens is 1. The Hall–Kier alpha value is -1.22. The maximum Gasteiger partial charge on any atom is 0.344 e. The lowest BCUT2D eigenvalue weighted by Crippen LogP contribution is -2.30. The van der Waals surface area contributed by atoms with Crippen LogP contribution in [0, 0.1) is 0 Å². The molecule has 3 nitrogen and oxygen atoms in total. The summed E-state index contributed by atoms with van der Waals surface area (Å²) in [6.45, 7) is 0. The largest absolute Gasteiger partial charge is 0.479 e. The monoisotopic (exact) mass is 212 g/mol. The van der Waals surface area contributed by atoms with Crippen molar-refractivity contribution in [2.24, 2.45) is 0 Å². The van der Waals surface area contributed by atoms with Gasteiger partial charge in [-0.2, -0.15) is 0 Å². The highest BCUT2D eigenvalue weighted by atomic mass is 35.5. The minimum absolute atomic E-state index is 0.503. The summed E-state index contributed by atoms with van der Waals surface area (Å²) in [6.07, 6.45) is 0.485. The lowest BCUT2D eigenvalue weighted by atomic mass is 10.0. The van der Waals surface area contributed by atoms with Crippen LogP contribution in [0.4, 0.5) is 0 Å². The average molecular weight is 213 g/mol. The van der Waals surface area contributed by atoms with Gasteiger partial charge < -0.3 is 9.84 Å². The van der Waals surface area contributed by atoms with Gasteiger partial charge in [0.2, 0.25) is 0 Å². The van der Waals surface area contributed by atoms with Crippen LogP contribution in [0.15, 0.2) is 18.2 Å². The molecule has 14 heavy (non-hydrogen) atoms. The molecule has 0 radical (unpaired) electrons. The van der Waals surface area contributed by atoms with E-state index in [0.717, 1.165) is 5.56 Å². The molecule has 0 aliphatic carbocycles. The van der Waals surface area contributed by atoms with Gasteiger partial charge in [-0.3, -0.25) is 0 Å². The van der Waals surface area contributed by atoms with Crippen molar-refractivity contribution in [3.63, 3.8) is 0 Å². The molecule has 0 fully saturated rings. The van der Waals surface area contributed by atoms with Gasteiger partial charge in [-0.1, -0.05) is 11.6 Å². The molecule has 1 aromatic rings. The van der Waals surface area contributed by atoms with Gasteiger partial charge in [0, 0.05) is 5.02 Å². The van der Waals surface area contributed by atoms with Crippen LogP contribution in [0.5, 0.6) is 5.75 Å². The Morgan fingerprint density at radius 3 is 3.07 bits per heavy atom. The van der Waals surface area contributed by atoms with Crippen LogP contribution in [-0.4, -0.2) is 17.2 Å². The van der Waals surface area contributed by atoms with Crippen LogP contribution in [-0.2, 0) is 11.2 Å². The first-order valence-corrected chi connectivity index (χ1v) is 4.72. The first-order chi connectivity index (χ1) is 6.66. The maximum absolute atomic E-state index is 10.7. The van der Waals surface area contributed by atoms with Crippen LogP contribution < -0.4 is 4.74 Å². The molecular weight excluding hydrogens is 204 g/mol. The van der Waals surface area contributed by atoms with Crippen molar-refractivity contribution in [2.75, 3.05) is 0 Å². The molecule has 0 aromatic heterocycles. The summed E-state index contributed by atoms with van der Waals surface area (Å²) in [6, 6.07) is 5.23. The highest BCUT2D eigenvalue weighted by Crippen LogP contribution is 2.29. The Morgan fingerprint density at radius 1 is 1.57 bits per heavy atom. The normalized spacial score (nSPS) is 19.6. The zero-order valence-corrected chi connectivity index (χ0v) is 8.12. The molecule has 1 heterocycles. The second kappa shape index (κ2) is 3.50.